The zero-order chi connectivity index (χ0) is 16.0. The molecule has 0 aliphatic heterocycles. The van der Waals surface area contributed by atoms with E-state index in [1.807, 2.05) is 18.4 Å². The maximum Gasteiger partial charge on any atom is 0.321 e. The lowest BCUT2D eigenvalue weighted by Gasteiger charge is -2.13. The van der Waals surface area contributed by atoms with E-state index >= 15 is 0 Å². The fourth-order valence-electron chi connectivity index (χ4n) is 1.65. The second-order valence-corrected chi connectivity index (χ2v) is 5.85. The Balaban J connectivity index is 2.79. The summed E-state index contributed by atoms with van der Waals surface area (Å²) in [7, 11) is 3.11. The number of aromatic nitrogens is 2. The van der Waals surface area contributed by atoms with Crippen LogP contribution < -0.4 is 10.6 Å². The van der Waals surface area contributed by atoms with Gasteiger partial charge in [-0.15, -0.1) is 0 Å². The number of ether oxygens (including phenoxy) is 1. The second kappa shape index (κ2) is 8.04. The number of amides is 3. The molecule has 3 amide bonds. The third kappa shape index (κ3) is 4.75. The number of methoxy groups -OCH3 is 1. The molecule has 118 valence electrons. The zero-order valence-corrected chi connectivity index (χ0v) is 13.8. The van der Waals surface area contributed by atoms with E-state index in [0.717, 1.165) is 16.5 Å². The van der Waals surface area contributed by atoms with Gasteiger partial charge in [-0.25, -0.2) is 9.78 Å². The Hall–Kier alpha value is -1.54. The third-order valence-electron chi connectivity index (χ3n) is 3.06. The van der Waals surface area contributed by atoms with Crippen molar-refractivity contribution in [2.75, 3.05) is 20.8 Å². The average Bonchev–Trinajstić information content (AvgIpc) is 2.71. The zero-order valence-electron chi connectivity index (χ0n) is 13.0. The summed E-state index contributed by atoms with van der Waals surface area (Å²) >= 11 is 1.32. The van der Waals surface area contributed by atoms with Crippen LogP contribution in [0.25, 0.3) is 0 Å². The number of hydrogen-bond acceptors (Lipinski definition) is 5. The number of carbonyl (C=O) groups is 2. The van der Waals surface area contributed by atoms with Crippen molar-refractivity contribution in [1.82, 2.24) is 20.2 Å². The molecular weight excluding hydrogens is 292 g/mol. The maximum atomic E-state index is 11.9. The van der Waals surface area contributed by atoms with Crippen LogP contribution in [0.3, 0.4) is 0 Å². The van der Waals surface area contributed by atoms with Crippen LogP contribution in [0.2, 0.25) is 0 Å². The van der Waals surface area contributed by atoms with Crippen LogP contribution in [0.4, 0.5) is 4.79 Å². The first-order valence-electron chi connectivity index (χ1n) is 6.62. The van der Waals surface area contributed by atoms with Crippen LogP contribution in [0.15, 0.2) is 5.16 Å². The molecule has 0 saturated heterocycles. The van der Waals surface area contributed by atoms with Crippen molar-refractivity contribution in [3.05, 3.63) is 11.4 Å². The lowest BCUT2D eigenvalue weighted by Crippen LogP contribution is -2.41. The average molecular weight is 314 g/mol. The number of imide groups is 1. The summed E-state index contributed by atoms with van der Waals surface area (Å²) in [5.41, 5.74) is 1.97. The lowest BCUT2D eigenvalue weighted by molar-refractivity contribution is -0.119. The molecule has 7 nitrogen and oxygen atoms in total. The monoisotopic (exact) mass is 314 g/mol. The van der Waals surface area contributed by atoms with Crippen LogP contribution in [-0.2, 0) is 16.1 Å². The number of hydrogen-bond donors (Lipinski definition) is 2. The van der Waals surface area contributed by atoms with Gasteiger partial charge >= 0.3 is 6.03 Å². The molecule has 8 heteroatoms. The van der Waals surface area contributed by atoms with Gasteiger partial charge in [0.05, 0.1) is 17.6 Å². The van der Waals surface area contributed by atoms with Crippen LogP contribution >= 0.6 is 11.8 Å². The number of thioether (sulfide) groups is 1. The van der Waals surface area contributed by atoms with Crippen LogP contribution in [-0.4, -0.2) is 47.5 Å². The van der Waals surface area contributed by atoms with Crippen molar-refractivity contribution in [2.24, 2.45) is 0 Å². The first kappa shape index (κ1) is 17.5. The summed E-state index contributed by atoms with van der Waals surface area (Å²) in [6.45, 7) is 6.90. The molecule has 0 unspecified atom stereocenters. The molecule has 2 N–H and O–H groups in total. The summed E-state index contributed by atoms with van der Waals surface area (Å²) in [5, 5.41) is 4.94. The molecule has 0 fully saturated rings. The summed E-state index contributed by atoms with van der Waals surface area (Å²) in [6.07, 6.45) is 0. The highest BCUT2D eigenvalue weighted by atomic mass is 32.2. The van der Waals surface area contributed by atoms with Gasteiger partial charge in [0, 0.05) is 26.4 Å². The van der Waals surface area contributed by atoms with Crippen molar-refractivity contribution in [3.63, 3.8) is 0 Å². The van der Waals surface area contributed by atoms with E-state index in [-0.39, 0.29) is 5.91 Å². The maximum absolute atomic E-state index is 11.9. The second-order valence-electron chi connectivity index (χ2n) is 4.54. The third-order valence-corrected chi connectivity index (χ3v) is 4.15. The Morgan fingerprint density at radius 2 is 2.10 bits per heavy atom. The highest BCUT2D eigenvalue weighted by Crippen LogP contribution is 2.25. The van der Waals surface area contributed by atoms with Gasteiger partial charge < -0.3 is 14.6 Å². The minimum absolute atomic E-state index is 0.351. The van der Waals surface area contributed by atoms with Crippen LogP contribution in [0.1, 0.15) is 18.3 Å². The fraction of sp³-hybridized carbons (Fsp3) is 0.615. The molecule has 0 aliphatic carbocycles. The van der Waals surface area contributed by atoms with Crippen molar-refractivity contribution in [2.45, 2.75) is 37.7 Å². The molecule has 0 aromatic carbocycles. The molecule has 21 heavy (non-hydrogen) atoms. The quantitative estimate of drug-likeness (QED) is 0.768. The highest BCUT2D eigenvalue weighted by Gasteiger charge is 2.20. The topological polar surface area (TPSA) is 85.3 Å². The Morgan fingerprint density at radius 3 is 2.67 bits per heavy atom. The van der Waals surface area contributed by atoms with Crippen LogP contribution in [0, 0.1) is 13.8 Å². The summed E-state index contributed by atoms with van der Waals surface area (Å²) < 4.78 is 7.12. The van der Waals surface area contributed by atoms with E-state index in [0.29, 0.717) is 13.2 Å². The minimum Gasteiger partial charge on any atom is -0.383 e. The van der Waals surface area contributed by atoms with Gasteiger partial charge in [0.1, 0.15) is 0 Å². The number of carbonyl (C=O) groups excluding carboxylic acids is 2. The molecule has 0 aliphatic rings. The Bertz CT molecular complexity index is 516. The number of nitrogens with zero attached hydrogens (tertiary/aromatic N) is 2. The first-order chi connectivity index (χ1) is 9.90. The first-order valence-corrected chi connectivity index (χ1v) is 7.50. The van der Waals surface area contributed by atoms with Crippen LogP contribution in [0.5, 0.6) is 0 Å². The Labute approximate surface area is 128 Å². The van der Waals surface area contributed by atoms with Gasteiger partial charge in [-0.1, -0.05) is 11.8 Å². The number of aryl methyl sites for hydroxylation is 1. The number of urea groups is 1. The molecule has 1 aromatic heterocycles. The summed E-state index contributed by atoms with van der Waals surface area (Å²) in [4.78, 5) is 27.5. The van der Waals surface area contributed by atoms with E-state index in [9.17, 15) is 9.59 Å². The molecule has 1 aromatic rings. The molecule has 0 spiro atoms. The smallest absolute Gasteiger partial charge is 0.321 e. The standard InChI is InChI=1S/C13H22N4O3S/c1-8-9(2)17(6-7-20-5)13(15-8)21-10(3)11(18)16-12(19)14-4/h10H,6-7H2,1-5H3,(H2,14,16,18,19)/t10-/m1/s1. The Kier molecular flexibility index (Phi) is 6.70. The van der Waals surface area contributed by atoms with Crippen molar-refractivity contribution >= 4 is 23.7 Å². The van der Waals surface area contributed by atoms with Gasteiger partial charge in [0.25, 0.3) is 0 Å². The normalized spacial score (nSPS) is 12.0. The number of imidazole rings is 1. The SMILES string of the molecule is CNC(=O)NC(=O)[C@@H](C)Sc1nc(C)c(C)n1CCOC. The van der Waals surface area contributed by atoms with E-state index in [2.05, 4.69) is 15.6 Å². The van der Waals surface area contributed by atoms with Gasteiger partial charge in [0.15, 0.2) is 5.16 Å². The van der Waals surface area contributed by atoms with Gasteiger partial charge in [-0.2, -0.15) is 0 Å². The predicted octanol–water partition coefficient (Wildman–Crippen LogP) is 1.08. The number of nitrogens with one attached hydrogen (secondary N) is 2. The summed E-state index contributed by atoms with van der Waals surface area (Å²) in [5.74, 6) is -0.351. The minimum atomic E-state index is -0.512. The lowest BCUT2D eigenvalue weighted by atomic mass is 10.4. The van der Waals surface area contributed by atoms with Crippen molar-refractivity contribution < 1.29 is 14.3 Å². The van der Waals surface area contributed by atoms with Crippen molar-refractivity contribution in [1.29, 1.82) is 0 Å². The fourth-order valence-corrected chi connectivity index (χ4v) is 2.67. The van der Waals surface area contributed by atoms with E-state index in [1.165, 1.54) is 18.8 Å². The van der Waals surface area contributed by atoms with E-state index in [4.69, 9.17) is 4.74 Å². The molecule has 1 heterocycles. The molecular formula is C13H22N4O3S. The van der Waals surface area contributed by atoms with Gasteiger partial charge in [0.2, 0.25) is 5.91 Å². The molecule has 0 radical (unpaired) electrons. The summed E-state index contributed by atoms with van der Waals surface area (Å²) in [6, 6.07) is -0.512. The molecule has 0 bridgehead atoms. The highest BCUT2D eigenvalue weighted by molar-refractivity contribution is 8.00. The van der Waals surface area contributed by atoms with Crippen molar-refractivity contribution in [3.8, 4) is 0 Å². The Morgan fingerprint density at radius 1 is 1.43 bits per heavy atom. The predicted molar refractivity (Wildman–Crippen MR) is 81.5 cm³/mol. The van der Waals surface area contributed by atoms with E-state index < -0.39 is 11.3 Å². The largest absolute Gasteiger partial charge is 0.383 e. The van der Waals surface area contributed by atoms with E-state index in [1.54, 1.807) is 14.0 Å². The molecule has 1 atom stereocenters. The molecule has 1 rings (SSSR count). The van der Waals surface area contributed by atoms with Gasteiger partial charge in [-0.3, -0.25) is 10.1 Å². The molecule has 0 saturated carbocycles. The van der Waals surface area contributed by atoms with Gasteiger partial charge in [-0.05, 0) is 20.8 Å². The number of rotatable bonds is 6.